The number of unbranched alkanes of at least 4 members (excludes halogenated alkanes) is 9. The number of nitrogens with zero attached hydrogens (tertiary/aromatic N) is 2. The van der Waals surface area contributed by atoms with Gasteiger partial charge in [-0.05, 0) is 38.8 Å². The second kappa shape index (κ2) is 13.9. The molecule has 0 amide bonds. The molecule has 2 aliphatic heterocycles. The fourth-order valence-corrected chi connectivity index (χ4v) is 4.15. The molecule has 2 unspecified atom stereocenters. The maximum Gasteiger partial charge on any atom is 0.111 e. The van der Waals surface area contributed by atoms with Crippen molar-refractivity contribution in [2.45, 2.75) is 89.6 Å². The Labute approximate surface area is 161 Å². The van der Waals surface area contributed by atoms with Crippen LogP contribution in [0.4, 0.5) is 0 Å². The predicted octanol–water partition coefficient (Wildman–Crippen LogP) is 1.96. The van der Waals surface area contributed by atoms with Crippen molar-refractivity contribution in [2.24, 2.45) is 11.5 Å². The van der Waals surface area contributed by atoms with E-state index in [0.29, 0.717) is 0 Å². The Bertz CT molecular complexity index is 308. The molecule has 6 N–H and O–H groups in total. The predicted molar refractivity (Wildman–Crippen MR) is 111 cm³/mol. The minimum atomic E-state index is 0.0886. The highest BCUT2D eigenvalue weighted by Crippen LogP contribution is 2.12. The number of nitrogens with two attached hydrogens (primary N) is 2. The van der Waals surface area contributed by atoms with E-state index in [-0.39, 0.29) is 12.6 Å². The Morgan fingerprint density at radius 2 is 0.923 bits per heavy atom. The van der Waals surface area contributed by atoms with E-state index in [9.17, 15) is 0 Å². The highest BCUT2D eigenvalue weighted by Gasteiger charge is 2.17. The molecule has 0 spiro atoms. The summed E-state index contributed by atoms with van der Waals surface area (Å²) in [6.45, 7) is 6.78. The number of nitrogens with one attached hydrogen (secondary N) is 2. The van der Waals surface area contributed by atoms with Crippen LogP contribution in [0.5, 0.6) is 0 Å². The van der Waals surface area contributed by atoms with Gasteiger partial charge in [0.1, 0.15) is 12.6 Å². The van der Waals surface area contributed by atoms with Crippen LogP contribution in [0, 0.1) is 0 Å². The summed E-state index contributed by atoms with van der Waals surface area (Å²) in [5, 5.41) is 6.67. The minimum absolute atomic E-state index is 0.0886. The third kappa shape index (κ3) is 9.11. The summed E-state index contributed by atoms with van der Waals surface area (Å²) in [5.74, 6) is 0. The highest BCUT2D eigenvalue weighted by atomic mass is 15.4. The average Bonchev–Trinajstić information content (AvgIpc) is 2.65. The van der Waals surface area contributed by atoms with Crippen LogP contribution < -0.4 is 22.1 Å². The molecule has 2 fully saturated rings. The molecule has 0 aliphatic carbocycles. The third-order valence-electron chi connectivity index (χ3n) is 5.88. The maximum absolute atomic E-state index is 6.06. The molecule has 0 radical (unpaired) electrons. The van der Waals surface area contributed by atoms with Crippen molar-refractivity contribution in [3.63, 3.8) is 0 Å². The van der Waals surface area contributed by atoms with Gasteiger partial charge in [-0.15, -0.1) is 0 Å². The summed E-state index contributed by atoms with van der Waals surface area (Å²) < 4.78 is 0. The Hall–Kier alpha value is -0.240. The minimum Gasteiger partial charge on any atom is -0.303 e. The second-order valence-electron chi connectivity index (χ2n) is 8.11. The van der Waals surface area contributed by atoms with Crippen LogP contribution in [0.25, 0.3) is 0 Å². The fourth-order valence-electron chi connectivity index (χ4n) is 4.15. The van der Waals surface area contributed by atoms with Crippen molar-refractivity contribution in [2.75, 3.05) is 39.3 Å². The molecular weight excluding hydrogens is 324 g/mol. The average molecular weight is 369 g/mol. The van der Waals surface area contributed by atoms with E-state index in [1.54, 1.807) is 0 Å². The molecule has 0 bridgehead atoms. The van der Waals surface area contributed by atoms with Crippen molar-refractivity contribution in [3.8, 4) is 0 Å². The monoisotopic (exact) mass is 368 g/mol. The second-order valence-corrected chi connectivity index (χ2v) is 8.11. The van der Waals surface area contributed by atoms with Gasteiger partial charge < -0.3 is 11.5 Å². The first-order chi connectivity index (χ1) is 12.8. The number of hydrogen-bond donors (Lipinski definition) is 4. The smallest absolute Gasteiger partial charge is 0.111 e. The van der Waals surface area contributed by atoms with Crippen molar-refractivity contribution in [3.05, 3.63) is 0 Å². The van der Waals surface area contributed by atoms with E-state index in [4.69, 9.17) is 11.5 Å². The van der Waals surface area contributed by atoms with E-state index in [0.717, 1.165) is 39.3 Å². The number of rotatable bonds is 13. The zero-order valence-electron chi connectivity index (χ0n) is 16.9. The molecule has 6 heteroatoms. The summed E-state index contributed by atoms with van der Waals surface area (Å²) in [4.78, 5) is 4.77. The van der Waals surface area contributed by atoms with E-state index in [1.807, 2.05) is 0 Å². The third-order valence-corrected chi connectivity index (χ3v) is 5.88. The van der Waals surface area contributed by atoms with Gasteiger partial charge in [0.05, 0.1) is 0 Å². The maximum atomic E-state index is 6.06. The molecule has 2 atom stereocenters. The summed E-state index contributed by atoms with van der Waals surface area (Å²) in [6.07, 6.45) is 16.3. The lowest BCUT2D eigenvalue weighted by molar-refractivity contribution is 0.132. The van der Waals surface area contributed by atoms with Crippen molar-refractivity contribution in [1.82, 2.24) is 20.4 Å². The van der Waals surface area contributed by atoms with Crippen LogP contribution in [-0.4, -0.2) is 61.6 Å². The number of hydrogen-bond acceptors (Lipinski definition) is 6. The topological polar surface area (TPSA) is 82.6 Å². The normalized spacial score (nSPS) is 25.6. The molecule has 2 rings (SSSR count). The molecule has 6 nitrogen and oxygen atoms in total. The van der Waals surface area contributed by atoms with Gasteiger partial charge in [-0.2, -0.15) is 0 Å². The molecule has 2 aliphatic rings. The fraction of sp³-hybridized carbons (Fsp3) is 1.00. The summed E-state index contributed by atoms with van der Waals surface area (Å²) in [7, 11) is 0. The standard InChI is InChI=1S/C20H44N6/c21-19-23-13-11-17-25(19)15-9-7-5-3-1-2-4-6-8-10-16-26-18-12-14-24-20(26)22/h19-20,23-24H,1-18,21-22H2. The Morgan fingerprint density at radius 3 is 1.27 bits per heavy atom. The molecular formula is C20H44N6. The molecule has 0 aromatic heterocycles. The van der Waals surface area contributed by atoms with Crippen LogP contribution in [0.2, 0.25) is 0 Å². The molecule has 154 valence electrons. The summed E-state index contributed by atoms with van der Waals surface area (Å²) >= 11 is 0. The molecule has 0 aromatic rings. The largest absolute Gasteiger partial charge is 0.303 e. The van der Waals surface area contributed by atoms with Crippen LogP contribution >= 0.6 is 0 Å². The lowest BCUT2D eigenvalue weighted by Gasteiger charge is -2.33. The van der Waals surface area contributed by atoms with Gasteiger partial charge in [0.2, 0.25) is 0 Å². The van der Waals surface area contributed by atoms with E-state index in [1.165, 1.54) is 77.0 Å². The van der Waals surface area contributed by atoms with Crippen LogP contribution in [0.1, 0.15) is 77.0 Å². The van der Waals surface area contributed by atoms with Gasteiger partial charge in [-0.3, -0.25) is 20.4 Å². The highest BCUT2D eigenvalue weighted by molar-refractivity contribution is 4.71. The quantitative estimate of drug-likeness (QED) is 0.372. The van der Waals surface area contributed by atoms with Gasteiger partial charge >= 0.3 is 0 Å². The van der Waals surface area contributed by atoms with E-state index in [2.05, 4.69) is 20.4 Å². The van der Waals surface area contributed by atoms with Gasteiger partial charge in [0.15, 0.2) is 0 Å². The zero-order valence-corrected chi connectivity index (χ0v) is 16.9. The summed E-state index contributed by atoms with van der Waals surface area (Å²) in [6, 6.07) is 0. The first-order valence-corrected chi connectivity index (χ1v) is 11.2. The molecule has 2 saturated heterocycles. The van der Waals surface area contributed by atoms with Crippen LogP contribution in [-0.2, 0) is 0 Å². The lowest BCUT2D eigenvalue weighted by atomic mass is 10.1. The van der Waals surface area contributed by atoms with E-state index < -0.39 is 0 Å². The lowest BCUT2D eigenvalue weighted by Crippen LogP contribution is -2.56. The first kappa shape index (κ1) is 22.1. The molecule has 26 heavy (non-hydrogen) atoms. The molecule has 0 saturated carbocycles. The Kier molecular flexibility index (Phi) is 11.8. The molecule has 0 aromatic carbocycles. The zero-order chi connectivity index (χ0) is 18.5. The first-order valence-electron chi connectivity index (χ1n) is 11.2. The Balaban J connectivity index is 1.30. The van der Waals surface area contributed by atoms with Crippen molar-refractivity contribution in [1.29, 1.82) is 0 Å². The van der Waals surface area contributed by atoms with Gasteiger partial charge in [-0.1, -0.05) is 51.4 Å². The van der Waals surface area contributed by atoms with Gasteiger partial charge in [-0.25, -0.2) is 0 Å². The SMILES string of the molecule is NC1NCCCN1CCCCCCCCCCCCN1CCCNC1N. The summed E-state index contributed by atoms with van der Waals surface area (Å²) in [5.41, 5.74) is 12.1. The molecule has 2 heterocycles. The van der Waals surface area contributed by atoms with Crippen LogP contribution in [0.3, 0.4) is 0 Å². The van der Waals surface area contributed by atoms with Gasteiger partial charge in [0, 0.05) is 26.2 Å². The van der Waals surface area contributed by atoms with Crippen molar-refractivity contribution >= 4 is 0 Å². The van der Waals surface area contributed by atoms with E-state index >= 15 is 0 Å². The van der Waals surface area contributed by atoms with Crippen molar-refractivity contribution < 1.29 is 0 Å². The Morgan fingerprint density at radius 1 is 0.577 bits per heavy atom. The van der Waals surface area contributed by atoms with Crippen LogP contribution in [0.15, 0.2) is 0 Å². The van der Waals surface area contributed by atoms with Gasteiger partial charge in [0.25, 0.3) is 0 Å².